The Morgan fingerprint density at radius 1 is 1.62 bits per heavy atom. The van der Waals surface area contributed by atoms with Gasteiger partial charge >= 0.3 is 0 Å². The van der Waals surface area contributed by atoms with Crippen LogP contribution in [-0.2, 0) is 0 Å². The van der Waals surface area contributed by atoms with Gasteiger partial charge in [0.15, 0.2) is 0 Å². The Morgan fingerprint density at radius 3 is 3.06 bits per heavy atom. The number of hydrogen-bond donors (Lipinski definition) is 2. The standard InChI is InChI=1S/C12H18N2O2/c1-9(15)11-6-2-3-8-14(11)12(16)10-5-4-7-13-10/h4-5,7,9,11,13,15H,2-3,6,8H2,1H3/t9-,11-/m1/s1. The van der Waals surface area contributed by atoms with Crippen LogP contribution in [-0.4, -0.2) is 39.6 Å². The van der Waals surface area contributed by atoms with E-state index in [1.54, 1.807) is 24.1 Å². The van der Waals surface area contributed by atoms with Crippen molar-refractivity contribution in [3.8, 4) is 0 Å². The monoisotopic (exact) mass is 222 g/mol. The van der Waals surface area contributed by atoms with E-state index in [1.807, 2.05) is 6.07 Å². The summed E-state index contributed by atoms with van der Waals surface area (Å²) in [6.45, 7) is 2.50. The van der Waals surface area contributed by atoms with Gasteiger partial charge < -0.3 is 15.0 Å². The summed E-state index contributed by atoms with van der Waals surface area (Å²) in [5.74, 6) is -0.00407. The second-order valence-corrected chi connectivity index (χ2v) is 4.39. The molecular weight excluding hydrogens is 204 g/mol. The summed E-state index contributed by atoms with van der Waals surface area (Å²) in [6.07, 6.45) is 4.29. The molecule has 0 bridgehead atoms. The summed E-state index contributed by atoms with van der Waals surface area (Å²) in [5.41, 5.74) is 0.604. The Hall–Kier alpha value is -1.29. The molecule has 2 atom stereocenters. The van der Waals surface area contributed by atoms with E-state index in [0.717, 1.165) is 25.8 Å². The minimum absolute atomic E-state index is 0.00407. The highest BCUT2D eigenvalue weighted by atomic mass is 16.3. The number of aliphatic hydroxyl groups excluding tert-OH is 1. The molecular formula is C12H18N2O2. The number of carbonyl (C=O) groups is 1. The van der Waals surface area contributed by atoms with E-state index in [-0.39, 0.29) is 11.9 Å². The molecule has 1 fully saturated rings. The summed E-state index contributed by atoms with van der Waals surface area (Å²) in [7, 11) is 0. The van der Waals surface area contributed by atoms with Gasteiger partial charge in [-0.15, -0.1) is 0 Å². The third kappa shape index (κ3) is 2.11. The van der Waals surface area contributed by atoms with E-state index in [1.165, 1.54) is 0 Å². The van der Waals surface area contributed by atoms with Crippen molar-refractivity contribution in [2.24, 2.45) is 0 Å². The normalized spacial score (nSPS) is 23.1. The molecule has 1 saturated heterocycles. The van der Waals surface area contributed by atoms with E-state index in [9.17, 15) is 9.90 Å². The highest BCUT2D eigenvalue weighted by molar-refractivity contribution is 5.92. The van der Waals surface area contributed by atoms with Crippen molar-refractivity contribution in [2.75, 3.05) is 6.54 Å². The molecule has 1 aromatic rings. The predicted octanol–water partition coefficient (Wildman–Crippen LogP) is 1.39. The predicted molar refractivity (Wildman–Crippen MR) is 61.1 cm³/mol. The van der Waals surface area contributed by atoms with Gasteiger partial charge in [0, 0.05) is 12.7 Å². The number of rotatable bonds is 2. The number of piperidine rings is 1. The molecule has 2 rings (SSSR count). The lowest BCUT2D eigenvalue weighted by atomic mass is 9.98. The highest BCUT2D eigenvalue weighted by Crippen LogP contribution is 2.21. The molecule has 88 valence electrons. The maximum absolute atomic E-state index is 12.2. The molecule has 1 aliphatic rings. The minimum atomic E-state index is -0.459. The Bertz CT molecular complexity index is 346. The van der Waals surface area contributed by atoms with Crippen LogP contribution in [0.2, 0.25) is 0 Å². The fourth-order valence-corrected chi connectivity index (χ4v) is 2.33. The van der Waals surface area contributed by atoms with Crippen LogP contribution in [0.15, 0.2) is 18.3 Å². The molecule has 4 nitrogen and oxygen atoms in total. The first-order chi connectivity index (χ1) is 7.70. The van der Waals surface area contributed by atoms with Crippen molar-refractivity contribution in [3.05, 3.63) is 24.0 Å². The maximum Gasteiger partial charge on any atom is 0.270 e. The molecule has 4 heteroatoms. The molecule has 0 saturated carbocycles. The van der Waals surface area contributed by atoms with Crippen LogP contribution in [0.25, 0.3) is 0 Å². The number of likely N-dealkylation sites (tertiary alicyclic amines) is 1. The van der Waals surface area contributed by atoms with Crippen molar-refractivity contribution >= 4 is 5.91 Å². The van der Waals surface area contributed by atoms with Gasteiger partial charge in [0.1, 0.15) is 5.69 Å². The zero-order valence-corrected chi connectivity index (χ0v) is 9.52. The highest BCUT2D eigenvalue weighted by Gasteiger charge is 2.30. The number of H-pyrrole nitrogens is 1. The molecule has 2 N–H and O–H groups in total. The van der Waals surface area contributed by atoms with Gasteiger partial charge in [0.05, 0.1) is 12.1 Å². The first-order valence-electron chi connectivity index (χ1n) is 5.82. The molecule has 1 aromatic heterocycles. The fourth-order valence-electron chi connectivity index (χ4n) is 2.33. The number of carbonyl (C=O) groups excluding carboxylic acids is 1. The molecule has 0 aromatic carbocycles. The molecule has 1 amide bonds. The number of aromatic nitrogens is 1. The second-order valence-electron chi connectivity index (χ2n) is 4.39. The van der Waals surface area contributed by atoms with Crippen LogP contribution in [0.5, 0.6) is 0 Å². The van der Waals surface area contributed by atoms with Crippen molar-refractivity contribution in [3.63, 3.8) is 0 Å². The van der Waals surface area contributed by atoms with Crippen LogP contribution in [0, 0.1) is 0 Å². The number of amides is 1. The SMILES string of the molecule is C[C@@H](O)[C@H]1CCCCN1C(=O)c1ccc[nH]1. The molecule has 0 spiro atoms. The summed E-state index contributed by atoms with van der Waals surface area (Å²) in [6, 6.07) is 3.55. The number of aliphatic hydroxyl groups is 1. The lowest BCUT2D eigenvalue weighted by Crippen LogP contribution is -2.49. The van der Waals surface area contributed by atoms with Gasteiger partial charge in [-0.05, 0) is 38.3 Å². The largest absolute Gasteiger partial charge is 0.391 e. The molecule has 16 heavy (non-hydrogen) atoms. The van der Waals surface area contributed by atoms with Crippen LogP contribution in [0.4, 0.5) is 0 Å². The smallest absolute Gasteiger partial charge is 0.270 e. The van der Waals surface area contributed by atoms with Crippen LogP contribution < -0.4 is 0 Å². The van der Waals surface area contributed by atoms with Gasteiger partial charge in [0.25, 0.3) is 5.91 Å². The van der Waals surface area contributed by atoms with Crippen molar-refractivity contribution < 1.29 is 9.90 Å². The van der Waals surface area contributed by atoms with Crippen molar-refractivity contribution in [1.29, 1.82) is 0 Å². The molecule has 1 aliphatic heterocycles. The van der Waals surface area contributed by atoms with Crippen molar-refractivity contribution in [1.82, 2.24) is 9.88 Å². The lowest BCUT2D eigenvalue weighted by Gasteiger charge is -2.37. The van der Waals surface area contributed by atoms with Gasteiger partial charge in [-0.3, -0.25) is 4.79 Å². The van der Waals surface area contributed by atoms with Gasteiger partial charge in [0.2, 0.25) is 0 Å². The van der Waals surface area contributed by atoms with E-state index in [2.05, 4.69) is 4.98 Å². The number of hydrogen-bond acceptors (Lipinski definition) is 2. The third-order valence-electron chi connectivity index (χ3n) is 3.20. The topological polar surface area (TPSA) is 56.3 Å². The average molecular weight is 222 g/mol. The summed E-state index contributed by atoms with van der Waals surface area (Å²) >= 11 is 0. The minimum Gasteiger partial charge on any atom is -0.391 e. The summed E-state index contributed by atoms with van der Waals surface area (Å²) in [4.78, 5) is 16.9. The van der Waals surface area contributed by atoms with E-state index in [4.69, 9.17) is 0 Å². The van der Waals surface area contributed by atoms with Gasteiger partial charge in [-0.2, -0.15) is 0 Å². The van der Waals surface area contributed by atoms with Crippen LogP contribution in [0.3, 0.4) is 0 Å². The van der Waals surface area contributed by atoms with Gasteiger partial charge in [-0.1, -0.05) is 0 Å². The zero-order chi connectivity index (χ0) is 11.5. The van der Waals surface area contributed by atoms with Crippen molar-refractivity contribution in [2.45, 2.75) is 38.3 Å². The van der Waals surface area contributed by atoms with E-state index in [0.29, 0.717) is 5.69 Å². The quantitative estimate of drug-likeness (QED) is 0.794. The van der Waals surface area contributed by atoms with E-state index >= 15 is 0 Å². The molecule has 0 aliphatic carbocycles. The average Bonchev–Trinajstić information content (AvgIpc) is 2.81. The first-order valence-corrected chi connectivity index (χ1v) is 5.82. The van der Waals surface area contributed by atoms with Crippen LogP contribution in [0.1, 0.15) is 36.7 Å². The van der Waals surface area contributed by atoms with Gasteiger partial charge in [-0.25, -0.2) is 0 Å². The second kappa shape index (κ2) is 4.70. The molecule has 0 unspecified atom stereocenters. The maximum atomic E-state index is 12.2. The first kappa shape index (κ1) is 11.2. The molecule has 2 heterocycles. The van der Waals surface area contributed by atoms with Crippen LogP contribution >= 0.6 is 0 Å². The third-order valence-corrected chi connectivity index (χ3v) is 3.20. The Labute approximate surface area is 95.3 Å². The Morgan fingerprint density at radius 2 is 2.44 bits per heavy atom. The fraction of sp³-hybridized carbons (Fsp3) is 0.583. The number of nitrogens with one attached hydrogen (secondary N) is 1. The number of nitrogens with zero attached hydrogens (tertiary/aromatic N) is 1. The lowest BCUT2D eigenvalue weighted by molar-refractivity contribution is 0.0277. The zero-order valence-electron chi connectivity index (χ0n) is 9.52. The summed E-state index contributed by atoms with van der Waals surface area (Å²) < 4.78 is 0. The summed E-state index contributed by atoms with van der Waals surface area (Å²) in [5, 5.41) is 9.69. The van der Waals surface area contributed by atoms with E-state index < -0.39 is 6.10 Å². The Balaban J connectivity index is 2.14. The number of aromatic amines is 1. The molecule has 0 radical (unpaired) electrons. The Kier molecular flexibility index (Phi) is 3.29.